The van der Waals surface area contributed by atoms with Crippen LogP contribution >= 0.6 is 23.6 Å². The van der Waals surface area contributed by atoms with Crippen molar-refractivity contribution in [2.75, 3.05) is 5.32 Å². The Morgan fingerprint density at radius 2 is 2.23 bits per heavy atom. The maximum Gasteiger partial charge on any atom is 0.246 e. The van der Waals surface area contributed by atoms with Gasteiger partial charge in [-0.2, -0.15) is 4.98 Å². The monoisotopic (exact) mass is 334 g/mol. The van der Waals surface area contributed by atoms with Crippen LogP contribution in [0.25, 0.3) is 10.7 Å². The molecule has 3 aromatic rings. The van der Waals surface area contributed by atoms with Gasteiger partial charge in [-0.25, -0.2) is 4.39 Å². The number of anilines is 1. The van der Waals surface area contributed by atoms with E-state index in [1.54, 1.807) is 12.1 Å². The summed E-state index contributed by atoms with van der Waals surface area (Å²) in [4.78, 5) is 5.21. The number of thiocarbonyl (C=S) groups is 1. The molecule has 0 atom stereocenters. The second-order valence-electron chi connectivity index (χ2n) is 4.31. The number of nitrogens with zero attached hydrogens (tertiary/aromatic N) is 2. The average molecular weight is 334 g/mol. The molecule has 0 bridgehead atoms. The Bertz CT molecular complexity index is 773. The van der Waals surface area contributed by atoms with Gasteiger partial charge in [-0.05, 0) is 41.9 Å². The van der Waals surface area contributed by atoms with Gasteiger partial charge in [0.1, 0.15) is 5.82 Å². The molecule has 0 unspecified atom stereocenters. The van der Waals surface area contributed by atoms with Crippen molar-refractivity contribution in [2.24, 2.45) is 0 Å². The predicted octanol–water partition coefficient (Wildman–Crippen LogP) is 3.42. The van der Waals surface area contributed by atoms with E-state index in [1.807, 2.05) is 17.5 Å². The summed E-state index contributed by atoms with van der Waals surface area (Å²) in [6, 6.07) is 9.89. The van der Waals surface area contributed by atoms with Crippen molar-refractivity contribution in [2.45, 2.75) is 6.54 Å². The van der Waals surface area contributed by atoms with E-state index in [1.165, 1.54) is 23.5 Å². The summed E-state index contributed by atoms with van der Waals surface area (Å²) in [5.41, 5.74) is 0.572. The summed E-state index contributed by atoms with van der Waals surface area (Å²) in [6.45, 7) is 0.291. The van der Waals surface area contributed by atoms with Crippen LogP contribution in [0, 0.1) is 5.82 Å². The van der Waals surface area contributed by atoms with Crippen LogP contribution in [-0.2, 0) is 6.54 Å². The molecular weight excluding hydrogens is 323 g/mol. The first-order chi connectivity index (χ1) is 10.7. The Hall–Kier alpha value is -2.32. The van der Waals surface area contributed by atoms with Gasteiger partial charge in [-0.3, -0.25) is 0 Å². The van der Waals surface area contributed by atoms with E-state index in [0.717, 1.165) is 4.88 Å². The first-order valence-electron chi connectivity index (χ1n) is 6.37. The minimum absolute atomic E-state index is 0.291. The van der Waals surface area contributed by atoms with Crippen molar-refractivity contribution in [3.05, 3.63) is 53.5 Å². The van der Waals surface area contributed by atoms with Crippen LogP contribution in [-0.4, -0.2) is 15.3 Å². The number of benzene rings is 1. The number of nitrogens with one attached hydrogen (secondary N) is 2. The lowest BCUT2D eigenvalue weighted by Gasteiger charge is -2.08. The van der Waals surface area contributed by atoms with E-state index in [0.29, 0.717) is 29.1 Å². The molecule has 2 aromatic heterocycles. The van der Waals surface area contributed by atoms with Gasteiger partial charge in [-0.1, -0.05) is 17.3 Å². The van der Waals surface area contributed by atoms with Crippen LogP contribution in [0.1, 0.15) is 5.89 Å². The standard InChI is InChI=1S/C14H11FN4OS2/c15-9-3-1-4-10(7-9)17-14(21)16-8-12-18-13(19-20-12)11-5-2-6-22-11/h1-7H,8H2,(H2,16,17,21). The van der Waals surface area contributed by atoms with Gasteiger partial charge < -0.3 is 15.2 Å². The summed E-state index contributed by atoms with van der Waals surface area (Å²) in [7, 11) is 0. The van der Waals surface area contributed by atoms with Crippen LogP contribution in [0.15, 0.2) is 46.3 Å². The van der Waals surface area contributed by atoms with Crippen molar-refractivity contribution in [1.82, 2.24) is 15.5 Å². The molecular formula is C14H11FN4OS2. The number of hydrogen-bond acceptors (Lipinski definition) is 5. The molecule has 2 N–H and O–H groups in total. The second-order valence-corrected chi connectivity index (χ2v) is 5.66. The van der Waals surface area contributed by atoms with Gasteiger partial charge in [0.25, 0.3) is 0 Å². The third kappa shape index (κ3) is 3.66. The van der Waals surface area contributed by atoms with Gasteiger partial charge in [-0.15, -0.1) is 11.3 Å². The lowest BCUT2D eigenvalue weighted by atomic mass is 10.3. The SMILES string of the molecule is Fc1cccc(NC(=S)NCc2nc(-c3cccs3)no2)c1. The normalized spacial score (nSPS) is 10.4. The quantitative estimate of drug-likeness (QED) is 0.713. The van der Waals surface area contributed by atoms with E-state index < -0.39 is 0 Å². The zero-order valence-corrected chi connectivity index (χ0v) is 12.9. The Morgan fingerprint density at radius 1 is 1.32 bits per heavy atom. The molecule has 0 radical (unpaired) electrons. The molecule has 5 nitrogen and oxygen atoms in total. The topological polar surface area (TPSA) is 63.0 Å². The number of halogens is 1. The predicted molar refractivity (Wildman–Crippen MR) is 87.1 cm³/mol. The third-order valence-electron chi connectivity index (χ3n) is 2.69. The molecule has 0 fully saturated rings. The minimum Gasteiger partial charge on any atom is -0.353 e. The summed E-state index contributed by atoms with van der Waals surface area (Å²) in [5.74, 6) is 0.646. The van der Waals surface area contributed by atoms with Crippen molar-refractivity contribution in [3.63, 3.8) is 0 Å². The fraction of sp³-hybridized carbons (Fsp3) is 0.0714. The van der Waals surface area contributed by atoms with Crippen molar-refractivity contribution < 1.29 is 8.91 Å². The highest BCUT2D eigenvalue weighted by Gasteiger charge is 2.09. The third-order valence-corrected chi connectivity index (χ3v) is 3.80. The number of aromatic nitrogens is 2. The van der Waals surface area contributed by atoms with Crippen molar-refractivity contribution in [3.8, 4) is 10.7 Å². The molecule has 3 rings (SSSR count). The molecule has 112 valence electrons. The molecule has 0 spiro atoms. The highest BCUT2D eigenvalue weighted by Crippen LogP contribution is 2.21. The van der Waals surface area contributed by atoms with E-state index in [9.17, 15) is 4.39 Å². The van der Waals surface area contributed by atoms with E-state index in [-0.39, 0.29) is 5.82 Å². The molecule has 2 heterocycles. The molecule has 8 heteroatoms. The van der Waals surface area contributed by atoms with Crippen LogP contribution in [0.5, 0.6) is 0 Å². The van der Waals surface area contributed by atoms with Crippen LogP contribution in [0.4, 0.5) is 10.1 Å². The molecule has 1 aromatic carbocycles. The molecule has 0 saturated heterocycles. The summed E-state index contributed by atoms with van der Waals surface area (Å²) in [5, 5.41) is 12.0. The van der Waals surface area contributed by atoms with Crippen molar-refractivity contribution in [1.29, 1.82) is 0 Å². The molecule has 0 aliphatic carbocycles. The average Bonchev–Trinajstić information content (AvgIpc) is 3.16. The molecule has 22 heavy (non-hydrogen) atoms. The Balaban J connectivity index is 1.55. The van der Waals surface area contributed by atoms with Crippen LogP contribution in [0.3, 0.4) is 0 Å². The largest absolute Gasteiger partial charge is 0.353 e. The van der Waals surface area contributed by atoms with Crippen LogP contribution < -0.4 is 10.6 Å². The van der Waals surface area contributed by atoms with E-state index in [2.05, 4.69) is 20.8 Å². The number of rotatable bonds is 4. The highest BCUT2D eigenvalue weighted by atomic mass is 32.1. The number of thiophene rings is 1. The summed E-state index contributed by atoms with van der Waals surface area (Å²) in [6.07, 6.45) is 0. The number of hydrogen-bond donors (Lipinski definition) is 2. The zero-order valence-electron chi connectivity index (χ0n) is 11.2. The van der Waals surface area contributed by atoms with Gasteiger partial charge in [0.2, 0.25) is 11.7 Å². The lowest BCUT2D eigenvalue weighted by molar-refractivity contribution is 0.376. The molecule has 0 amide bonds. The molecule has 0 aliphatic rings. The van der Waals surface area contributed by atoms with E-state index >= 15 is 0 Å². The molecule has 0 saturated carbocycles. The summed E-state index contributed by atoms with van der Waals surface area (Å²) >= 11 is 6.67. The maximum atomic E-state index is 13.1. The zero-order chi connectivity index (χ0) is 15.4. The highest BCUT2D eigenvalue weighted by molar-refractivity contribution is 7.80. The van der Waals surface area contributed by atoms with Crippen molar-refractivity contribution >= 4 is 34.4 Å². The van der Waals surface area contributed by atoms with Gasteiger partial charge in [0.15, 0.2) is 5.11 Å². The van der Waals surface area contributed by atoms with E-state index in [4.69, 9.17) is 16.7 Å². The van der Waals surface area contributed by atoms with Gasteiger partial charge in [0.05, 0.1) is 11.4 Å². The lowest BCUT2D eigenvalue weighted by Crippen LogP contribution is -2.28. The molecule has 0 aliphatic heterocycles. The van der Waals surface area contributed by atoms with Gasteiger partial charge >= 0.3 is 0 Å². The Labute approximate surface area is 135 Å². The van der Waals surface area contributed by atoms with Crippen LogP contribution in [0.2, 0.25) is 0 Å². The Kier molecular flexibility index (Phi) is 4.40. The Morgan fingerprint density at radius 3 is 3.00 bits per heavy atom. The summed E-state index contributed by atoms with van der Waals surface area (Å²) < 4.78 is 18.2. The smallest absolute Gasteiger partial charge is 0.246 e. The first-order valence-corrected chi connectivity index (χ1v) is 7.66. The fourth-order valence-corrected chi connectivity index (χ4v) is 2.57. The fourth-order valence-electron chi connectivity index (χ4n) is 1.73. The maximum absolute atomic E-state index is 13.1. The van der Waals surface area contributed by atoms with Gasteiger partial charge in [0, 0.05) is 5.69 Å². The second kappa shape index (κ2) is 6.63. The minimum atomic E-state index is -0.328. The first kappa shape index (κ1) is 14.6.